The molecule has 4 heteroatoms. The zero-order chi connectivity index (χ0) is 13.8. The van der Waals surface area contributed by atoms with E-state index in [-0.39, 0.29) is 0 Å². The Labute approximate surface area is 123 Å². The lowest BCUT2D eigenvalue weighted by Gasteiger charge is -2.14. The van der Waals surface area contributed by atoms with Crippen molar-refractivity contribution in [1.29, 1.82) is 0 Å². The van der Waals surface area contributed by atoms with Crippen molar-refractivity contribution in [2.75, 3.05) is 0 Å². The molecule has 0 spiro atoms. The molecule has 1 unspecified atom stereocenters. The Kier molecular flexibility index (Phi) is 4.77. The number of rotatable bonds is 5. The van der Waals surface area contributed by atoms with Crippen LogP contribution < -0.4 is 5.32 Å². The van der Waals surface area contributed by atoms with Crippen molar-refractivity contribution in [2.24, 2.45) is 7.05 Å². The van der Waals surface area contributed by atoms with E-state index in [0.717, 1.165) is 23.1 Å². The van der Waals surface area contributed by atoms with E-state index in [4.69, 9.17) is 0 Å². The van der Waals surface area contributed by atoms with Gasteiger partial charge in [0.05, 0.1) is 11.4 Å². The first-order valence-electron chi connectivity index (χ1n) is 6.60. The molecule has 0 aliphatic rings. The van der Waals surface area contributed by atoms with E-state index in [9.17, 15) is 0 Å². The molecular formula is C15H20BrN3. The van der Waals surface area contributed by atoms with Crippen molar-refractivity contribution in [1.82, 2.24) is 15.1 Å². The van der Waals surface area contributed by atoms with Gasteiger partial charge >= 0.3 is 0 Å². The van der Waals surface area contributed by atoms with E-state index in [1.54, 1.807) is 0 Å². The summed E-state index contributed by atoms with van der Waals surface area (Å²) in [5.74, 6) is 0. The third-order valence-electron chi connectivity index (χ3n) is 3.33. The van der Waals surface area contributed by atoms with E-state index in [1.165, 1.54) is 11.3 Å². The van der Waals surface area contributed by atoms with Crippen LogP contribution in [0.2, 0.25) is 0 Å². The molecule has 1 atom stereocenters. The van der Waals surface area contributed by atoms with Gasteiger partial charge in [0.25, 0.3) is 0 Å². The summed E-state index contributed by atoms with van der Waals surface area (Å²) < 4.78 is 3.08. The van der Waals surface area contributed by atoms with Crippen LogP contribution in [0.25, 0.3) is 0 Å². The lowest BCUT2D eigenvalue weighted by atomic mass is 10.1. The molecule has 0 aliphatic carbocycles. The number of hydrogen-bond acceptors (Lipinski definition) is 2. The molecule has 0 radical (unpaired) electrons. The van der Waals surface area contributed by atoms with Crippen LogP contribution in [-0.4, -0.2) is 9.78 Å². The van der Waals surface area contributed by atoms with Crippen molar-refractivity contribution in [2.45, 2.75) is 32.9 Å². The van der Waals surface area contributed by atoms with Gasteiger partial charge in [-0.25, -0.2) is 0 Å². The second-order valence-electron chi connectivity index (χ2n) is 4.76. The fourth-order valence-electron chi connectivity index (χ4n) is 2.06. The largest absolute Gasteiger partial charge is 0.305 e. The fraction of sp³-hybridized carbons (Fsp3) is 0.400. The molecular weight excluding hydrogens is 302 g/mol. The van der Waals surface area contributed by atoms with Crippen LogP contribution in [0.15, 0.2) is 34.8 Å². The summed E-state index contributed by atoms with van der Waals surface area (Å²) in [6.07, 6.45) is 0.981. The number of nitrogens with one attached hydrogen (secondary N) is 1. The van der Waals surface area contributed by atoms with Crippen molar-refractivity contribution < 1.29 is 0 Å². The van der Waals surface area contributed by atoms with Gasteiger partial charge in [0.1, 0.15) is 0 Å². The molecule has 1 aromatic carbocycles. The maximum Gasteiger partial charge on any atom is 0.0625 e. The Bertz CT molecular complexity index is 548. The van der Waals surface area contributed by atoms with E-state index >= 15 is 0 Å². The predicted octanol–water partition coefficient (Wildman–Crippen LogP) is 3.60. The molecule has 3 nitrogen and oxygen atoms in total. The van der Waals surface area contributed by atoms with Crippen LogP contribution in [-0.2, 0) is 20.0 Å². The number of aryl methyl sites for hydroxylation is 2. The molecule has 19 heavy (non-hydrogen) atoms. The standard InChI is InChI=1S/C15H20BrN3/c1-4-14-9-15(19(3)18-14)10-17-11(2)12-6-5-7-13(16)8-12/h5-9,11,17H,4,10H2,1-3H3. The first-order chi connectivity index (χ1) is 9.10. The molecule has 2 aromatic rings. The summed E-state index contributed by atoms with van der Waals surface area (Å²) in [6.45, 7) is 5.14. The smallest absolute Gasteiger partial charge is 0.0625 e. The summed E-state index contributed by atoms with van der Waals surface area (Å²) in [6, 6.07) is 10.9. The number of benzene rings is 1. The highest BCUT2D eigenvalue weighted by Gasteiger charge is 2.08. The van der Waals surface area contributed by atoms with Crippen molar-refractivity contribution >= 4 is 15.9 Å². The maximum absolute atomic E-state index is 4.46. The molecule has 0 saturated heterocycles. The van der Waals surface area contributed by atoms with Crippen LogP contribution in [0.4, 0.5) is 0 Å². The quantitative estimate of drug-likeness (QED) is 0.911. The summed E-state index contributed by atoms with van der Waals surface area (Å²) in [5, 5.41) is 8.00. The molecule has 0 amide bonds. The Hall–Kier alpha value is -1.13. The summed E-state index contributed by atoms with van der Waals surface area (Å²) in [4.78, 5) is 0. The van der Waals surface area contributed by atoms with Gasteiger partial charge in [0, 0.05) is 24.1 Å². The Morgan fingerprint density at radius 2 is 2.16 bits per heavy atom. The van der Waals surface area contributed by atoms with E-state index in [1.807, 2.05) is 17.8 Å². The molecule has 102 valence electrons. The van der Waals surface area contributed by atoms with Gasteiger partial charge in [-0.15, -0.1) is 0 Å². The van der Waals surface area contributed by atoms with Crippen molar-refractivity contribution in [3.05, 3.63) is 51.8 Å². The molecule has 0 bridgehead atoms. The van der Waals surface area contributed by atoms with Gasteiger partial charge in [-0.05, 0) is 37.1 Å². The summed E-state index contributed by atoms with van der Waals surface area (Å²) in [7, 11) is 2.00. The number of aromatic nitrogens is 2. The number of hydrogen-bond donors (Lipinski definition) is 1. The summed E-state index contributed by atoms with van der Waals surface area (Å²) in [5.41, 5.74) is 3.65. The van der Waals surface area contributed by atoms with Crippen LogP contribution in [0.3, 0.4) is 0 Å². The average molecular weight is 322 g/mol. The minimum Gasteiger partial charge on any atom is -0.305 e. The van der Waals surface area contributed by atoms with Gasteiger partial charge in [0.15, 0.2) is 0 Å². The van der Waals surface area contributed by atoms with Crippen molar-refractivity contribution in [3.63, 3.8) is 0 Å². The maximum atomic E-state index is 4.46. The lowest BCUT2D eigenvalue weighted by Crippen LogP contribution is -2.19. The molecule has 1 aromatic heterocycles. The SMILES string of the molecule is CCc1cc(CNC(C)c2cccc(Br)c2)n(C)n1. The second-order valence-corrected chi connectivity index (χ2v) is 5.68. The monoisotopic (exact) mass is 321 g/mol. The number of halogens is 1. The normalized spacial score (nSPS) is 12.6. The van der Waals surface area contributed by atoms with Gasteiger partial charge in [-0.1, -0.05) is 35.0 Å². The highest BCUT2D eigenvalue weighted by atomic mass is 79.9. The zero-order valence-electron chi connectivity index (χ0n) is 11.7. The van der Waals surface area contributed by atoms with E-state index in [0.29, 0.717) is 6.04 Å². The molecule has 1 heterocycles. The van der Waals surface area contributed by atoms with Crippen LogP contribution in [0.5, 0.6) is 0 Å². The van der Waals surface area contributed by atoms with Crippen molar-refractivity contribution in [3.8, 4) is 0 Å². The van der Waals surface area contributed by atoms with Crippen LogP contribution in [0, 0.1) is 0 Å². The third-order valence-corrected chi connectivity index (χ3v) is 3.82. The minimum absolute atomic E-state index is 0.317. The average Bonchev–Trinajstić information content (AvgIpc) is 2.76. The molecule has 0 aliphatic heterocycles. The van der Waals surface area contributed by atoms with E-state index < -0.39 is 0 Å². The van der Waals surface area contributed by atoms with Crippen LogP contribution in [0.1, 0.15) is 36.8 Å². The molecule has 0 fully saturated rings. The lowest BCUT2D eigenvalue weighted by molar-refractivity contribution is 0.547. The third kappa shape index (κ3) is 3.67. The second kappa shape index (κ2) is 6.35. The Morgan fingerprint density at radius 3 is 2.79 bits per heavy atom. The predicted molar refractivity (Wildman–Crippen MR) is 82.0 cm³/mol. The Balaban J connectivity index is 2.00. The fourth-order valence-corrected chi connectivity index (χ4v) is 2.48. The molecule has 1 N–H and O–H groups in total. The first-order valence-corrected chi connectivity index (χ1v) is 7.40. The van der Waals surface area contributed by atoms with Gasteiger partial charge in [-0.3, -0.25) is 4.68 Å². The highest BCUT2D eigenvalue weighted by Crippen LogP contribution is 2.18. The summed E-state index contributed by atoms with van der Waals surface area (Å²) >= 11 is 3.51. The Morgan fingerprint density at radius 1 is 1.37 bits per heavy atom. The number of nitrogens with zero attached hydrogens (tertiary/aromatic N) is 2. The molecule has 0 saturated carbocycles. The minimum atomic E-state index is 0.317. The first kappa shape index (κ1) is 14.3. The molecule has 2 rings (SSSR count). The van der Waals surface area contributed by atoms with E-state index in [2.05, 4.69) is 64.5 Å². The zero-order valence-corrected chi connectivity index (χ0v) is 13.2. The van der Waals surface area contributed by atoms with Gasteiger partial charge in [-0.2, -0.15) is 5.10 Å². The topological polar surface area (TPSA) is 29.9 Å². The van der Waals surface area contributed by atoms with Crippen LogP contribution >= 0.6 is 15.9 Å². The van der Waals surface area contributed by atoms with Gasteiger partial charge in [0.2, 0.25) is 0 Å². The highest BCUT2D eigenvalue weighted by molar-refractivity contribution is 9.10. The van der Waals surface area contributed by atoms with Gasteiger partial charge < -0.3 is 5.32 Å².